The van der Waals surface area contributed by atoms with Crippen molar-refractivity contribution >= 4 is 17.6 Å². The highest BCUT2D eigenvalue weighted by Gasteiger charge is 2.29. The fraction of sp³-hybridized carbons (Fsp3) is 0.467. The van der Waals surface area contributed by atoms with Gasteiger partial charge in [0, 0.05) is 11.1 Å². The second-order valence-electron chi connectivity index (χ2n) is 5.56. The molecule has 0 aromatic heterocycles. The number of anilines is 1. The molecule has 0 radical (unpaired) electrons. The summed E-state index contributed by atoms with van der Waals surface area (Å²) < 4.78 is 0. The van der Waals surface area contributed by atoms with Gasteiger partial charge < -0.3 is 10.0 Å². The monoisotopic (exact) mass is 263 g/mol. The van der Waals surface area contributed by atoms with Crippen LogP contribution in [0.2, 0.25) is 0 Å². The molecule has 19 heavy (non-hydrogen) atoms. The lowest BCUT2D eigenvalue weighted by Gasteiger charge is -2.28. The standard InChI is InChI=1S/C15H21NO3/c1-5-11-6-8-12(9-7-11)16(10-13(17)18)14(19)15(2,3)4/h6-9H,5,10H2,1-4H3,(H,17,18). The van der Waals surface area contributed by atoms with Crippen LogP contribution in [-0.4, -0.2) is 23.5 Å². The summed E-state index contributed by atoms with van der Waals surface area (Å²) in [5.74, 6) is -1.21. The Balaban J connectivity index is 3.08. The minimum absolute atomic E-state index is 0.195. The Hall–Kier alpha value is -1.84. The van der Waals surface area contributed by atoms with Gasteiger partial charge in [-0.3, -0.25) is 9.59 Å². The molecule has 0 atom stereocenters. The van der Waals surface area contributed by atoms with Crippen molar-refractivity contribution in [3.05, 3.63) is 29.8 Å². The molecular formula is C15H21NO3. The molecule has 0 heterocycles. The molecule has 1 aromatic carbocycles. The number of hydrogen-bond acceptors (Lipinski definition) is 2. The Bertz CT molecular complexity index is 457. The molecule has 0 saturated heterocycles. The molecule has 0 saturated carbocycles. The summed E-state index contributed by atoms with van der Waals surface area (Å²) in [6.07, 6.45) is 0.909. The summed E-state index contributed by atoms with van der Waals surface area (Å²) in [6.45, 7) is 7.08. The van der Waals surface area contributed by atoms with E-state index in [4.69, 9.17) is 5.11 Å². The highest BCUT2D eigenvalue weighted by molar-refractivity contribution is 6.00. The van der Waals surface area contributed by atoms with Crippen LogP contribution < -0.4 is 4.90 Å². The van der Waals surface area contributed by atoms with Crippen molar-refractivity contribution in [3.8, 4) is 0 Å². The van der Waals surface area contributed by atoms with Crippen molar-refractivity contribution < 1.29 is 14.7 Å². The van der Waals surface area contributed by atoms with Crippen LogP contribution >= 0.6 is 0 Å². The first-order valence-corrected chi connectivity index (χ1v) is 6.38. The van der Waals surface area contributed by atoms with Crippen LogP contribution in [0.15, 0.2) is 24.3 Å². The van der Waals surface area contributed by atoms with Gasteiger partial charge in [-0.25, -0.2) is 0 Å². The zero-order chi connectivity index (χ0) is 14.6. The van der Waals surface area contributed by atoms with Gasteiger partial charge in [0.2, 0.25) is 5.91 Å². The zero-order valence-electron chi connectivity index (χ0n) is 11.9. The predicted molar refractivity (Wildman–Crippen MR) is 75.3 cm³/mol. The highest BCUT2D eigenvalue weighted by Crippen LogP contribution is 2.23. The lowest BCUT2D eigenvalue weighted by molar-refractivity contribution is -0.137. The number of amides is 1. The number of carboxylic acids is 1. The van der Waals surface area contributed by atoms with E-state index in [1.54, 1.807) is 32.9 Å². The molecule has 104 valence electrons. The molecule has 1 aromatic rings. The molecular weight excluding hydrogens is 242 g/mol. The van der Waals surface area contributed by atoms with Crippen molar-refractivity contribution in [3.63, 3.8) is 0 Å². The van der Waals surface area contributed by atoms with Crippen LogP contribution in [0.3, 0.4) is 0 Å². The van der Waals surface area contributed by atoms with Crippen molar-refractivity contribution in [1.29, 1.82) is 0 Å². The van der Waals surface area contributed by atoms with E-state index in [9.17, 15) is 9.59 Å². The summed E-state index contributed by atoms with van der Waals surface area (Å²) in [5, 5.41) is 8.97. The van der Waals surface area contributed by atoms with Crippen molar-refractivity contribution in [2.24, 2.45) is 5.41 Å². The van der Waals surface area contributed by atoms with Gasteiger partial charge in [-0.1, -0.05) is 39.8 Å². The van der Waals surface area contributed by atoms with E-state index < -0.39 is 11.4 Å². The largest absolute Gasteiger partial charge is 0.480 e. The molecule has 0 bridgehead atoms. The van der Waals surface area contributed by atoms with Crippen LogP contribution in [0.1, 0.15) is 33.3 Å². The summed E-state index contributed by atoms with van der Waals surface area (Å²) in [4.78, 5) is 24.6. The molecule has 1 rings (SSSR count). The number of benzene rings is 1. The second kappa shape index (κ2) is 5.87. The summed E-state index contributed by atoms with van der Waals surface area (Å²) in [6, 6.07) is 7.43. The van der Waals surface area contributed by atoms with E-state index in [1.807, 2.05) is 19.1 Å². The molecule has 1 amide bonds. The van der Waals surface area contributed by atoms with Gasteiger partial charge in [0.25, 0.3) is 0 Å². The van der Waals surface area contributed by atoms with Crippen LogP contribution in [0, 0.1) is 5.41 Å². The Morgan fingerprint density at radius 2 is 1.68 bits per heavy atom. The van der Waals surface area contributed by atoms with Gasteiger partial charge in [0.15, 0.2) is 0 Å². The number of aryl methyl sites for hydroxylation is 1. The van der Waals surface area contributed by atoms with Crippen LogP contribution in [0.5, 0.6) is 0 Å². The minimum Gasteiger partial charge on any atom is -0.480 e. The topological polar surface area (TPSA) is 57.6 Å². The first kappa shape index (κ1) is 15.2. The number of hydrogen-bond donors (Lipinski definition) is 1. The lowest BCUT2D eigenvalue weighted by Crippen LogP contribution is -2.42. The Morgan fingerprint density at radius 1 is 1.16 bits per heavy atom. The molecule has 0 aliphatic rings. The van der Waals surface area contributed by atoms with E-state index in [0.717, 1.165) is 12.0 Å². The van der Waals surface area contributed by atoms with E-state index in [0.29, 0.717) is 5.69 Å². The summed E-state index contributed by atoms with van der Waals surface area (Å²) in [7, 11) is 0. The van der Waals surface area contributed by atoms with Crippen LogP contribution in [0.4, 0.5) is 5.69 Å². The Morgan fingerprint density at radius 3 is 2.05 bits per heavy atom. The quantitative estimate of drug-likeness (QED) is 0.908. The van der Waals surface area contributed by atoms with E-state index in [2.05, 4.69) is 0 Å². The van der Waals surface area contributed by atoms with Gasteiger partial charge >= 0.3 is 5.97 Å². The number of nitrogens with zero attached hydrogens (tertiary/aromatic N) is 1. The van der Waals surface area contributed by atoms with Gasteiger partial charge in [-0.05, 0) is 24.1 Å². The number of aliphatic carboxylic acids is 1. The third kappa shape index (κ3) is 4.09. The Kier molecular flexibility index (Phi) is 4.70. The van der Waals surface area contributed by atoms with E-state index in [-0.39, 0.29) is 12.5 Å². The third-order valence-electron chi connectivity index (χ3n) is 2.84. The van der Waals surface area contributed by atoms with Gasteiger partial charge in [-0.2, -0.15) is 0 Å². The summed E-state index contributed by atoms with van der Waals surface area (Å²) in [5.41, 5.74) is 1.17. The van der Waals surface area contributed by atoms with Crippen molar-refractivity contribution in [2.45, 2.75) is 34.1 Å². The lowest BCUT2D eigenvalue weighted by atomic mass is 9.94. The third-order valence-corrected chi connectivity index (χ3v) is 2.84. The number of carbonyl (C=O) groups excluding carboxylic acids is 1. The minimum atomic E-state index is -1.02. The second-order valence-corrected chi connectivity index (χ2v) is 5.56. The van der Waals surface area contributed by atoms with Crippen LogP contribution in [0.25, 0.3) is 0 Å². The summed E-state index contributed by atoms with van der Waals surface area (Å²) >= 11 is 0. The van der Waals surface area contributed by atoms with Crippen molar-refractivity contribution in [1.82, 2.24) is 0 Å². The fourth-order valence-corrected chi connectivity index (χ4v) is 1.73. The Labute approximate surface area is 114 Å². The van der Waals surface area contributed by atoms with E-state index >= 15 is 0 Å². The average molecular weight is 263 g/mol. The maximum atomic E-state index is 12.3. The van der Waals surface area contributed by atoms with Gasteiger partial charge in [0.05, 0.1) is 0 Å². The molecule has 0 aliphatic carbocycles. The zero-order valence-corrected chi connectivity index (χ0v) is 11.9. The van der Waals surface area contributed by atoms with Crippen LogP contribution in [-0.2, 0) is 16.0 Å². The smallest absolute Gasteiger partial charge is 0.323 e. The highest BCUT2D eigenvalue weighted by atomic mass is 16.4. The molecule has 4 heteroatoms. The maximum absolute atomic E-state index is 12.3. The van der Waals surface area contributed by atoms with E-state index in [1.165, 1.54) is 4.90 Å². The maximum Gasteiger partial charge on any atom is 0.323 e. The normalized spacial score (nSPS) is 11.2. The molecule has 0 fully saturated rings. The first-order valence-electron chi connectivity index (χ1n) is 6.38. The number of rotatable bonds is 4. The molecule has 0 spiro atoms. The molecule has 0 unspecified atom stereocenters. The first-order chi connectivity index (χ1) is 8.75. The molecule has 0 aliphatic heterocycles. The number of carboxylic acid groups (broad SMARTS) is 1. The fourth-order valence-electron chi connectivity index (χ4n) is 1.73. The predicted octanol–water partition coefficient (Wildman–Crippen LogP) is 2.71. The van der Waals surface area contributed by atoms with Gasteiger partial charge in [-0.15, -0.1) is 0 Å². The molecule has 1 N–H and O–H groups in total. The molecule has 4 nitrogen and oxygen atoms in total. The van der Waals surface area contributed by atoms with Crippen molar-refractivity contribution in [2.75, 3.05) is 11.4 Å². The number of carbonyl (C=O) groups is 2. The average Bonchev–Trinajstić information content (AvgIpc) is 2.34. The van der Waals surface area contributed by atoms with Gasteiger partial charge in [0.1, 0.15) is 6.54 Å². The SMILES string of the molecule is CCc1ccc(N(CC(=O)O)C(=O)C(C)(C)C)cc1.